The zero-order chi connectivity index (χ0) is 18.2. The summed E-state index contributed by atoms with van der Waals surface area (Å²) in [6.07, 6.45) is 0. The number of carbonyl (C=O) groups is 2. The number of carbonyl (C=O) groups excluding carboxylic acids is 2. The Balaban J connectivity index is 2.32. The van der Waals surface area contributed by atoms with Crippen LogP contribution >= 0.6 is 23.4 Å². The summed E-state index contributed by atoms with van der Waals surface area (Å²) in [5.41, 5.74) is -0.0427. The van der Waals surface area contributed by atoms with E-state index >= 15 is 0 Å². The molecule has 1 atom stereocenters. The van der Waals surface area contributed by atoms with Crippen molar-refractivity contribution in [2.75, 3.05) is 12.4 Å². The van der Waals surface area contributed by atoms with Crippen molar-refractivity contribution in [2.24, 2.45) is 5.92 Å². The fourth-order valence-corrected chi connectivity index (χ4v) is 2.78. The van der Waals surface area contributed by atoms with E-state index < -0.39 is 24.0 Å². The number of nitrogens with one attached hydrogen (secondary N) is 1. The van der Waals surface area contributed by atoms with Crippen LogP contribution in [0.1, 0.15) is 26.3 Å². The molecule has 0 saturated carbocycles. The number of halogens is 1. The fourth-order valence-electron chi connectivity index (χ4n) is 1.67. The molecule has 0 heterocycles. The number of nitriles is 1. The molecular formula is C17H21ClN2O3S. The molecule has 0 radical (unpaired) electrons. The highest BCUT2D eigenvalue weighted by Crippen LogP contribution is 2.20. The largest absolute Gasteiger partial charge is 0.455 e. The van der Waals surface area contributed by atoms with Gasteiger partial charge in [-0.25, -0.2) is 0 Å². The summed E-state index contributed by atoms with van der Waals surface area (Å²) < 4.78 is 4.93. The molecular weight excluding hydrogens is 348 g/mol. The van der Waals surface area contributed by atoms with Crippen LogP contribution in [0.4, 0.5) is 0 Å². The van der Waals surface area contributed by atoms with Crippen molar-refractivity contribution in [3.8, 4) is 6.07 Å². The Kier molecular flexibility index (Phi) is 8.09. The van der Waals surface area contributed by atoms with Crippen LogP contribution in [0, 0.1) is 17.2 Å². The lowest BCUT2D eigenvalue weighted by molar-refractivity contribution is -0.146. The molecule has 0 spiro atoms. The zero-order valence-corrected chi connectivity index (χ0v) is 15.5. The molecule has 0 unspecified atom stereocenters. The Morgan fingerprint density at radius 1 is 1.42 bits per heavy atom. The van der Waals surface area contributed by atoms with E-state index in [1.54, 1.807) is 13.0 Å². The molecule has 0 aliphatic rings. The number of thioether (sulfide) groups is 1. The molecule has 0 aliphatic heterocycles. The van der Waals surface area contributed by atoms with E-state index in [-0.39, 0.29) is 11.7 Å². The van der Waals surface area contributed by atoms with Gasteiger partial charge in [-0.1, -0.05) is 43.6 Å². The lowest BCUT2D eigenvalue weighted by Gasteiger charge is -2.27. The topological polar surface area (TPSA) is 79.2 Å². The summed E-state index contributed by atoms with van der Waals surface area (Å²) in [6.45, 7) is 4.91. The van der Waals surface area contributed by atoms with Crippen LogP contribution in [-0.4, -0.2) is 29.8 Å². The van der Waals surface area contributed by atoms with E-state index in [4.69, 9.17) is 21.6 Å². The van der Waals surface area contributed by atoms with Crippen LogP contribution < -0.4 is 5.32 Å². The van der Waals surface area contributed by atoms with Gasteiger partial charge in [0.05, 0.1) is 11.8 Å². The van der Waals surface area contributed by atoms with Gasteiger partial charge in [-0.05, 0) is 24.5 Å². The van der Waals surface area contributed by atoms with Crippen LogP contribution in [0.5, 0.6) is 0 Å². The highest BCUT2D eigenvalue weighted by atomic mass is 35.5. The summed E-state index contributed by atoms with van der Waals surface area (Å²) in [7, 11) is 0. The first-order chi connectivity index (χ1) is 11.3. The number of rotatable bonds is 8. The Labute approximate surface area is 151 Å². The maximum absolute atomic E-state index is 11.8. The molecule has 0 bridgehead atoms. The number of hydrogen-bond donors (Lipinski definition) is 1. The van der Waals surface area contributed by atoms with Gasteiger partial charge in [-0.3, -0.25) is 9.59 Å². The Hall–Kier alpha value is -1.71. The Bertz CT molecular complexity index is 631. The molecule has 130 valence electrons. The second-order valence-electron chi connectivity index (χ2n) is 5.76. The molecule has 0 saturated heterocycles. The Morgan fingerprint density at radius 2 is 2.08 bits per heavy atom. The van der Waals surface area contributed by atoms with Gasteiger partial charge < -0.3 is 10.1 Å². The molecule has 1 amide bonds. The number of nitrogens with zero attached hydrogens (tertiary/aromatic N) is 1. The molecule has 24 heavy (non-hydrogen) atoms. The lowest BCUT2D eigenvalue weighted by Crippen LogP contribution is -2.50. The van der Waals surface area contributed by atoms with Gasteiger partial charge in [0, 0.05) is 10.8 Å². The van der Waals surface area contributed by atoms with Crippen molar-refractivity contribution < 1.29 is 14.3 Å². The maximum Gasteiger partial charge on any atom is 0.316 e. The summed E-state index contributed by atoms with van der Waals surface area (Å²) in [5.74, 6) is -0.324. The number of hydrogen-bond acceptors (Lipinski definition) is 5. The third-order valence-electron chi connectivity index (χ3n) is 3.59. The fraction of sp³-hybridized carbons (Fsp3) is 0.471. The van der Waals surface area contributed by atoms with Crippen molar-refractivity contribution in [3.05, 3.63) is 34.9 Å². The van der Waals surface area contributed by atoms with Gasteiger partial charge in [0.1, 0.15) is 5.54 Å². The highest BCUT2D eigenvalue weighted by molar-refractivity contribution is 7.99. The third kappa shape index (κ3) is 6.42. The molecule has 0 aromatic heterocycles. The average Bonchev–Trinajstić information content (AvgIpc) is 2.54. The van der Waals surface area contributed by atoms with Crippen LogP contribution in [0.2, 0.25) is 5.02 Å². The van der Waals surface area contributed by atoms with Crippen LogP contribution in [-0.2, 0) is 20.1 Å². The standard InChI is InChI=1S/C17H21ClN2O3S/c1-12(2)17(3,11-19)20-15(21)8-23-16(22)10-24-9-13-6-4-5-7-14(13)18/h4-7,12H,8-10H2,1-3H3,(H,20,21)/t17-/m1/s1. The van der Waals surface area contributed by atoms with Crippen molar-refractivity contribution in [3.63, 3.8) is 0 Å². The first kappa shape index (κ1) is 20.3. The van der Waals surface area contributed by atoms with E-state index in [0.717, 1.165) is 5.56 Å². The SMILES string of the molecule is CC(C)[C@@](C)(C#N)NC(=O)COC(=O)CSCc1ccccc1Cl. The first-order valence-corrected chi connectivity index (χ1v) is 9.01. The van der Waals surface area contributed by atoms with Gasteiger partial charge in [-0.2, -0.15) is 5.26 Å². The molecule has 7 heteroatoms. The maximum atomic E-state index is 11.8. The second kappa shape index (κ2) is 9.55. The monoisotopic (exact) mass is 368 g/mol. The summed E-state index contributed by atoms with van der Waals surface area (Å²) in [4.78, 5) is 23.5. The van der Waals surface area contributed by atoms with Crippen molar-refractivity contribution in [2.45, 2.75) is 32.1 Å². The highest BCUT2D eigenvalue weighted by Gasteiger charge is 2.30. The smallest absolute Gasteiger partial charge is 0.316 e. The van der Waals surface area contributed by atoms with Crippen LogP contribution in [0.15, 0.2) is 24.3 Å². The minimum atomic E-state index is -0.984. The molecule has 1 aromatic rings. The van der Waals surface area contributed by atoms with E-state index in [0.29, 0.717) is 10.8 Å². The average molecular weight is 369 g/mol. The quantitative estimate of drug-likeness (QED) is 0.713. The van der Waals surface area contributed by atoms with Gasteiger partial charge in [0.25, 0.3) is 5.91 Å². The minimum absolute atomic E-state index is 0.0617. The first-order valence-electron chi connectivity index (χ1n) is 7.47. The van der Waals surface area contributed by atoms with Gasteiger partial charge in [-0.15, -0.1) is 11.8 Å². The van der Waals surface area contributed by atoms with Crippen molar-refractivity contribution in [1.82, 2.24) is 5.32 Å². The molecule has 1 N–H and O–H groups in total. The second-order valence-corrected chi connectivity index (χ2v) is 7.15. The number of amides is 1. The normalized spacial score (nSPS) is 13.0. The van der Waals surface area contributed by atoms with Gasteiger partial charge in [0.15, 0.2) is 6.61 Å². The van der Waals surface area contributed by atoms with Crippen molar-refractivity contribution in [1.29, 1.82) is 5.26 Å². The number of benzene rings is 1. The lowest BCUT2D eigenvalue weighted by atomic mass is 9.90. The summed E-state index contributed by atoms with van der Waals surface area (Å²) >= 11 is 7.39. The molecule has 5 nitrogen and oxygen atoms in total. The third-order valence-corrected chi connectivity index (χ3v) is 4.91. The predicted octanol–water partition coefficient (Wildman–Crippen LogP) is 3.17. The van der Waals surface area contributed by atoms with Crippen LogP contribution in [0.25, 0.3) is 0 Å². The number of esters is 1. The van der Waals surface area contributed by atoms with Gasteiger partial charge in [0.2, 0.25) is 0 Å². The zero-order valence-electron chi connectivity index (χ0n) is 14.0. The van der Waals surface area contributed by atoms with Crippen molar-refractivity contribution >= 4 is 35.2 Å². The van der Waals surface area contributed by atoms with E-state index in [1.165, 1.54) is 11.8 Å². The molecule has 1 rings (SSSR count). The molecule has 1 aromatic carbocycles. The summed E-state index contributed by atoms with van der Waals surface area (Å²) in [6, 6.07) is 9.47. The number of ether oxygens (including phenoxy) is 1. The van der Waals surface area contributed by atoms with Crippen LogP contribution in [0.3, 0.4) is 0 Å². The van der Waals surface area contributed by atoms with E-state index in [1.807, 2.05) is 32.0 Å². The predicted molar refractivity (Wildman–Crippen MR) is 95.6 cm³/mol. The summed E-state index contributed by atoms with van der Waals surface area (Å²) in [5, 5.41) is 12.4. The van der Waals surface area contributed by atoms with E-state index in [2.05, 4.69) is 11.4 Å². The van der Waals surface area contributed by atoms with E-state index in [9.17, 15) is 9.59 Å². The Morgan fingerprint density at radius 3 is 2.67 bits per heavy atom. The van der Waals surface area contributed by atoms with Gasteiger partial charge >= 0.3 is 5.97 Å². The minimum Gasteiger partial charge on any atom is -0.455 e. The molecule has 0 fully saturated rings. The molecule has 0 aliphatic carbocycles.